The Morgan fingerprint density at radius 3 is 3.00 bits per heavy atom. The molecule has 96 valence electrons. The number of aromatic nitrogens is 1. The maximum Gasteiger partial charge on any atom is 0.222 e. The lowest BCUT2D eigenvalue weighted by molar-refractivity contribution is 0.0995. The van der Waals surface area contributed by atoms with Crippen molar-refractivity contribution >= 4 is 21.7 Å². The Kier molecular flexibility index (Phi) is 3.11. The van der Waals surface area contributed by atoms with Crippen molar-refractivity contribution in [1.29, 1.82) is 0 Å². The molecule has 0 amide bonds. The summed E-state index contributed by atoms with van der Waals surface area (Å²) in [5, 5.41) is 0. The summed E-state index contributed by atoms with van der Waals surface area (Å²) in [4.78, 5) is 16.0. The van der Waals surface area contributed by atoms with Crippen LogP contribution in [0, 0.1) is 0 Å². The minimum absolute atomic E-state index is 0.0831. The highest BCUT2D eigenvalue weighted by molar-refractivity contribution is 9.10. The second-order valence-electron chi connectivity index (χ2n) is 4.55. The Hall–Kier alpha value is -1.68. The molecule has 1 aliphatic rings. The fraction of sp³-hybridized carbons (Fsp3) is 0.200. The van der Waals surface area contributed by atoms with Gasteiger partial charge in [-0.15, -0.1) is 0 Å². The number of halogens is 1. The van der Waals surface area contributed by atoms with E-state index in [-0.39, 0.29) is 10.6 Å². The van der Waals surface area contributed by atoms with Crippen molar-refractivity contribution in [3.05, 3.63) is 53.2 Å². The van der Waals surface area contributed by atoms with Gasteiger partial charge in [0.05, 0.1) is 4.83 Å². The standard InChI is InChI=1S/C15H12BrNO2/c1-9(16)14(18)10-4-5-13-12(7-10)8-11-3-2-6-17-15(11)19-13/h2-7,9H,8H2,1H3. The quantitative estimate of drug-likeness (QED) is 0.534. The molecule has 1 unspecified atom stereocenters. The number of carbonyl (C=O) groups excluding carboxylic acids is 1. The van der Waals surface area contributed by atoms with Gasteiger partial charge in [0.25, 0.3) is 0 Å². The molecule has 2 aromatic rings. The Morgan fingerprint density at radius 2 is 2.21 bits per heavy atom. The SMILES string of the molecule is CC(Br)C(=O)c1ccc2c(c1)Cc1cccnc1O2. The van der Waals surface area contributed by atoms with Gasteiger partial charge in [-0.3, -0.25) is 4.79 Å². The second kappa shape index (κ2) is 4.78. The van der Waals surface area contributed by atoms with E-state index in [4.69, 9.17) is 4.74 Å². The first-order valence-electron chi connectivity index (χ1n) is 6.08. The average Bonchev–Trinajstić information content (AvgIpc) is 2.43. The summed E-state index contributed by atoms with van der Waals surface area (Å²) in [5.74, 6) is 1.52. The number of alkyl halides is 1. The maximum atomic E-state index is 12.0. The van der Waals surface area contributed by atoms with E-state index < -0.39 is 0 Å². The smallest absolute Gasteiger partial charge is 0.222 e. The molecule has 4 heteroatoms. The minimum Gasteiger partial charge on any atom is -0.438 e. The van der Waals surface area contributed by atoms with Crippen LogP contribution in [0.1, 0.15) is 28.4 Å². The number of rotatable bonds is 2. The van der Waals surface area contributed by atoms with Gasteiger partial charge in [-0.05, 0) is 31.2 Å². The predicted molar refractivity (Wildman–Crippen MR) is 76.3 cm³/mol. The van der Waals surface area contributed by atoms with Crippen molar-refractivity contribution in [3.8, 4) is 11.6 Å². The topological polar surface area (TPSA) is 39.2 Å². The lowest BCUT2D eigenvalue weighted by atomic mass is 9.98. The molecule has 1 aliphatic heterocycles. The number of ketones is 1. The number of Topliss-reactive ketones (excluding diaryl/α,β-unsaturated/α-hetero) is 1. The van der Waals surface area contributed by atoms with Crippen LogP contribution in [0.25, 0.3) is 0 Å². The van der Waals surface area contributed by atoms with Crippen molar-refractivity contribution in [2.75, 3.05) is 0 Å². The summed E-state index contributed by atoms with van der Waals surface area (Å²) in [6.45, 7) is 1.83. The van der Waals surface area contributed by atoms with Crippen LogP contribution in [0.5, 0.6) is 11.6 Å². The summed E-state index contributed by atoms with van der Waals surface area (Å²) in [6, 6.07) is 9.43. The fourth-order valence-corrected chi connectivity index (χ4v) is 2.42. The van der Waals surface area contributed by atoms with E-state index in [1.165, 1.54) is 0 Å². The monoisotopic (exact) mass is 317 g/mol. The molecule has 3 nitrogen and oxygen atoms in total. The molecule has 19 heavy (non-hydrogen) atoms. The van der Waals surface area contributed by atoms with Crippen LogP contribution in [0.4, 0.5) is 0 Å². The third-order valence-electron chi connectivity index (χ3n) is 3.14. The first kappa shape index (κ1) is 12.4. The zero-order valence-electron chi connectivity index (χ0n) is 10.4. The molecule has 0 saturated heterocycles. The van der Waals surface area contributed by atoms with E-state index >= 15 is 0 Å². The third kappa shape index (κ3) is 2.28. The lowest BCUT2D eigenvalue weighted by Crippen LogP contribution is -2.12. The number of hydrogen-bond acceptors (Lipinski definition) is 3. The molecule has 1 aromatic heterocycles. The Bertz CT molecular complexity index is 652. The number of hydrogen-bond donors (Lipinski definition) is 0. The first-order chi connectivity index (χ1) is 9.15. The summed E-state index contributed by atoms with van der Waals surface area (Å²) >= 11 is 3.31. The summed E-state index contributed by atoms with van der Waals surface area (Å²) in [7, 11) is 0. The van der Waals surface area contributed by atoms with E-state index in [1.54, 1.807) is 12.3 Å². The minimum atomic E-state index is -0.177. The molecule has 0 N–H and O–H groups in total. The number of nitrogens with zero attached hydrogens (tertiary/aromatic N) is 1. The van der Waals surface area contributed by atoms with Gasteiger partial charge >= 0.3 is 0 Å². The van der Waals surface area contributed by atoms with Crippen LogP contribution in [0.3, 0.4) is 0 Å². The van der Waals surface area contributed by atoms with Crippen LogP contribution in [-0.4, -0.2) is 15.6 Å². The molecule has 2 heterocycles. The largest absolute Gasteiger partial charge is 0.438 e. The van der Waals surface area contributed by atoms with E-state index in [0.29, 0.717) is 11.4 Å². The number of benzene rings is 1. The third-order valence-corrected chi connectivity index (χ3v) is 3.56. The Morgan fingerprint density at radius 1 is 1.37 bits per heavy atom. The highest BCUT2D eigenvalue weighted by Gasteiger charge is 2.20. The zero-order chi connectivity index (χ0) is 13.4. The fourth-order valence-electron chi connectivity index (χ4n) is 2.16. The normalized spacial score (nSPS) is 14.0. The highest BCUT2D eigenvalue weighted by Crippen LogP contribution is 2.35. The number of ether oxygens (including phenoxy) is 1. The second-order valence-corrected chi connectivity index (χ2v) is 5.92. The molecule has 1 atom stereocenters. The van der Waals surface area contributed by atoms with Gasteiger partial charge in [0, 0.05) is 29.3 Å². The number of carbonyl (C=O) groups is 1. The van der Waals surface area contributed by atoms with Crippen molar-refractivity contribution in [1.82, 2.24) is 4.98 Å². The first-order valence-corrected chi connectivity index (χ1v) is 6.99. The van der Waals surface area contributed by atoms with Gasteiger partial charge in [0.2, 0.25) is 5.88 Å². The molecular weight excluding hydrogens is 306 g/mol. The molecule has 0 spiro atoms. The molecule has 0 saturated carbocycles. The molecular formula is C15H12BrNO2. The molecule has 0 aliphatic carbocycles. The van der Waals surface area contributed by atoms with E-state index in [0.717, 1.165) is 23.3 Å². The van der Waals surface area contributed by atoms with Crippen LogP contribution < -0.4 is 4.74 Å². The van der Waals surface area contributed by atoms with Gasteiger partial charge in [-0.2, -0.15) is 0 Å². The molecule has 0 bridgehead atoms. The van der Waals surface area contributed by atoms with E-state index in [9.17, 15) is 4.79 Å². The summed E-state index contributed by atoms with van der Waals surface area (Å²) in [6.07, 6.45) is 2.46. The van der Waals surface area contributed by atoms with Crippen LogP contribution in [0.2, 0.25) is 0 Å². The predicted octanol–water partition coefficient (Wildman–Crippen LogP) is 3.74. The van der Waals surface area contributed by atoms with E-state index in [2.05, 4.69) is 20.9 Å². The zero-order valence-corrected chi connectivity index (χ0v) is 12.0. The Labute approximate surface area is 119 Å². The number of fused-ring (bicyclic) bond motifs is 2. The van der Waals surface area contributed by atoms with Gasteiger partial charge in [0.1, 0.15) is 5.75 Å². The van der Waals surface area contributed by atoms with Gasteiger partial charge in [-0.25, -0.2) is 4.98 Å². The molecule has 0 radical (unpaired) electrons. The molecule has 0 fully saturated rings. The number of pyridine rings is 1. The average molecular weight is 318 g/mol. The maximum absolute atomic E-state index is 12.0. The van der Waals surface area contributed by atoms with Crippen LogP contribution in [-0.2, 0) is 6.42 Å². The Balaban J connectivity index is 1.98. The van der Waals surface area contributed by atoms with Crippen molar-refractivity contribution < 1.29 is 9.53 Å². The van der Waals surface area contributed by atoms with Crippen LogP contribution >= 0.6 is 15.9 Å². The van der Waals surface area contributed by atoms with Gasteiger partial charge < -0.3 is 4.74 Å². The molecule has 3 rings (SSSR count). The highest BCUT2D eigenvalue weighted by atomic mass is 79.9. The van der Waals surface area contributed by atoms with Gasteiger partial charge in [-0.1, -0.05) is 22.0 Å². The summed E-state index contributed by atoms with van der Waals surface area (Å²) in [5.41, 5.74) is 2.78. The van der Waals surface area contributed by atoms with Crippen molar-refractivity contribution in [2.24, 2.45) is 0 Å². The van der Waals surface area contributed by atoms with Crippen molar-refractivity contribution in [2.45, 2.75) is 18.2 Å². The van der Waals surface area contributed by atoms with Crippen LogP contribution in [0.15, 0.2) is 36.5 Å². The van der Waals surface area contributed by atoms with Gasteiger partial charge in [0.15, 0.2) is 5.78 Å². The summed E-state index contributed by atoms with van der Waals surface area (Å²) < 4.78 is 5.74. The lowest BCUT2D eigenvalue weighted by Gasteiger charge is -2.19. The van der Waals surface area contributed by atoms with Crippen molar-refractivity contribution in [3.63, 3.8) is 0 Å². The molecule has 1 aromatic carbocycles. The van der Waals surface area contributed by atoms with E-state index in [1.807, 2.05) is 31.2 Å².